The molecule has 1 heterocycles. The van der Waals surface area contributed by atoms with Crippen LogP contribution in [-0.4, -0.2) is 16.7 Å². The first-order valence-electron chi connectivity index (χ1n) is 5.87. The van der Waals surface area contributed by atoms with Crippen molar-refractivity contribution in [3.8, 4) is 11.4 Å². The molecule has 0 aliphatic heterocycles. The Balaban J connectivity index is 2.27. The molecule has 0 fully saturated rings. The molecule has 0 atom stereocenters. The van der Waals surface area contributed by atoms with Gasteiger partial charge in [0.1, 0.15) is 11.6 Å². The van der Waals surface area contributed by atoms with E-state index >= 15 is 0 Å². The predicted octanol–water partition coefficient (Wildman–Crippen LogP) is 3.52. The van der Waals surface area contributed by atoms with Crippen molar-refractivity contribution in [3.63, 3.8) is 0 Å². The quantitative estimate of drug-likeness (QED) is 0.779. The molecule has 0 unspecified atom stereocenters. The number of nitrogen functional groups attached to an aromatic ring is 1. The molecule has 3 rings (SSSR count). The average molecular weight is 336 g/mol. The second-order valence-electron chi connectivity index (χ2n) is 4.26. The van der Waals surface area contributed by atoms with E-state index in [1.807, 2.05) is 12.1 Å². The molecule has 20 heavy (non-hydrogen) atoms. The molecule has 6 heteroatoms. The number of imidazole rings is 1. The van der Waals surface area contributed by atoms with Gasteiger partial charge in [0, 0.05) is 10.5 Å². The Labute approximate surface area is 123 Å². The number of rotatable bonds is 2. The molecular weight excluding hydrogens is 325 g/mol. The summed E-state index contributed by atoms with van der Waals surface area (Å²) in [6, 6.07) is 9.93. The number of hydrogen-bond donors (Lipinski definition) is 1. The molecule has 3 aromatic rings. The largest absolute Gasteiger partial charge is 0.497 e. The van der Waals surface area contributed by atoms with Gasteiger partial charge in [0.15, 0.2) is 0 Å². The van der Waals surface area contributed by atoms with Gasteiger partial charge in [-0.1, -0.05) is 0 Å². The molecule has 0 aliphatic rings. The van der Waals surface area contributed by atoms with Gasteiger partial charge < -0.3 is 10.5 Å². The van der Waals surface area contributed by atoms with E-state index in [1.165, 1.54) is 12.1 Å². The lowest BCUT2D eigenvalue weighted by atomic mass is 10.2. The maximum Gasteiger partial charge on any atom is 0.205 e. The SMILES string of the molecule is COc1ccc2c(c1)nc(N)n2-c1ccc(F)cc1Br. The zero-order valence-electron chi connectivity index (χ0n) is 10.6. The highest BCUT2D eigenvalue weighted by Gasteiger charge is 2.13. The third-order valence-electron chi connectivity index (χ3n) is 3.04. The number of anilines is 1. The van der Waals surface area contributed by atoms with Gasteiger partial charge >= 0.3 is 0 Å². The Morgan fingerprint density at radius 1 is 1.25 bits per heavy atom. The minimum atomic E-state index is -0.315. The molecule has 102 valence electrons. The smallest absolute Gasteiger partial charge is 0.205 e. The summed E-state index contributed by atoms with van der Waals surface area (Å²) in [4.78, 5) is 4.31. The topological polar surface area (TPSA) is 53.1 Å². The molecule has 0 aliphatic carbocycles. The van der Waals surface area contributed by atoms with Crippen molar-refractivity contribution in [2.24, 2.45) is 0 Å². The van der Waals surface area contributed by atoms with Crippen LogP contribution in [0.1, 0.15) is 0 Å². The summed E-state index contributed by atoms with van der Waals surface area (Å²) in [5.41, 5.74) is 8.26. The standard InChI is InChI=1S/C14H11BrFN3O/c1-20-9-3-5-13-11(7-9)18-14(17)19(13)12-4-2-8(16)6-10(12)15/h2-7H,1H3,(H2,17,18). The molecule has 0 bridgehead atoms. The maximum atomic E-state index is 13.2. The third kappa shape index (κ3) is 2.02. The molecule has 4 nitrogen and oxygen atoms in total. The summed E-state index contributed by atoms with van der Waals surface area (Å²) >= 11 is 3.35. The van der Waals surface area contributed by atoms with Crippen molar-refractivity contribution in [1.82, 2.24) is 9.55 Å². The van der Waals surface area contributed by atoms with Gasteiger partial charge in [-0.2, -0.15) is 0 Å². The highest BCUT2D eigenvalue weighted by atomic mass is 79.9. The fourth-order valence-electron chi connectivity index (χ4n) is 2.12. The van der Waals surface area contributed by atoms with Crippen molar-refractivity contribution < 1.29 is 9.13 Å². The first-order valence-corrected chi connectivity index (χ1v) is 6.67. The second-order valence-corrected chi connectivity index (χ2v) is 5.11. The predicted molar refractivity (Wildman–Crippen MR) is 79.7 cm³/mol. The van der Waals surface area contributed by atoms with Crippen LogP contribution in [0.15, 0.2) is 40.9 Å². The number of ether oxygens (including phenoxy) is 1. The normalized spacial score (nSPS) is 10.9. The van der Waals surface area contributed by atoms with Crippen LogP contribution in [0, 0.1) is 5.82 Å². The molecule has 2 N–H and O–H groups in total. The molecule has 2 aromatic carbocycles. The highest BCUT2D eigenvalue weighted by molar-refractivity contribution is 9.10. The van der Waals surface area contributed by atoms with Crippen LogP contribution in [0.25, 0.3) is 16.7 Å². The first-order chi connectivity index (χ1) is 9.60. The van der Waals surface area contributed by atoms with Crippen molar-refractivity contribution in [2.45, 2.75) is 0 Å². The summed E-state index contributed by atoms with van der Waals surface area (Å²) < 4.78 is 20.7. The monoisotopic (exact) mass is 335 g/mol. The van der Waals surface area contributed by atoms with E-state index in [4.69, 9.17) is 10.5 Å². The number of aromatic nitrogens is 2. The van der Waals surface area contributed by atoms with Crippen molar-refractivity contribution >= 4 is 32.9 Å². The Kier molecular flexibility index (Phi) is 3.10. The number of benzene rings is 2. The van der Waals surface area contributed by atoms with E-state index in [0.717, 1.165) is 16.7 Å². The lowest BCUT2D eigenvalue weighted by Gasteiger charge is -2.09. The molecular formula is C14H11BrFN3O. The Bertz CT molecular complexity index is 800. The number of nitrogens with two attached hydrogens (primary N) is 1. The van der Waals surface area contributed by atoms with Gasteiger partial charge in [-0.25, -0.2) is 9.37 Å². The van der Waals surface area contributed by atoms with Crippen LogP contribution in [-0.2, 0) is 0 Å². The summed E-state index contributed by atoms with van der Waals surface area (Å²) in [6.07, 6.45) is 0. The van der Waals surface area contributed by atoms with Gasteiger partial charge in [0.2, 0.25) is 5.95 Å². The summed E-state index contributed by atoms with van der Waals surface area (Å²) in [5, 5.41) is 0. The van der Waals surface area contributed by atoms with Gasteiger partial charge in [-0.3, -0.25) is 4.57 Å². The van der Waals surface area contributed by atoms with E-state index in [-0.39, 0.29) is 5.82 Å². The summed E-state index contributed by atoms with van der Waals surface area (Å²) in [7, 11) is 1.60. The minimum absolute atomic E-state index is 0.315. The average Bonchev–Trinajstić information content (AvgIpc) is 2.74. The van der Waals surface area contributed by atoms with Crippen molar-refractivity contribution in [2.75, 3.05) is 12.8 Å². The Morgan fingerprint density at radius 2 is 2.05 bits per heavy atom. The molecule has 0 saturated heterocycles. The maximum absolute atomic E-state index is 13.2. The zero-order valence-corrected chi connectivity index (χ0v) is 12.2. The number of methoxy groups -OCH3 is 1. The summed E-state index contributed by atoms with van der Waals surface area (Å²) in [6.45, 7) is 0. The van der Waals surface area contributed by atoms with Crippen LogP contribution >= 0.6 is 15.9 Å². The second kappa shape index (κ2) is 4.79. The summed E-state index contributed by atoms with van der Waals surface area (Å²) in [5.74, 6) is 0.728. The van der Waals surface area contributed by atoms with Crippen LogP contribution in [0.2, 0.25) is 0 Å². The van der Waals surface area contributed by atoms with Gasteiger partial charge in [-0.05, 0) is 46.3 Å². The van der Waals surface area contributed by atoms with E-state index in [1.54, 1.807) is 23.8 Å². The van der Waals surface area contributed by atoms with E-state index < -0.39 is 0 Å². The number of hydrogen-bond acceptors (Lipinski definition) is 3. The van der Waals surface area contributed by atoms with Crippen LogP contribution in [0.3, 0.4) is 0 Å². The van der Waals surface area contributed by atoms with Crippen LogP contribution in [0.5, 0.6) is 5.75 Å². The number of nitrogens with zero attached hydrogens (tertiary/aromatic N) is 2. The lowest BCUT2D eigenvalue weighted by molar-refractivity contribution is 0.415. The van der Waals surface area contributed by atoms with Gasteiger partial charge in [0.25, 0.3) is 0 Å². The lowest BCUT2D eigenvalue weighted by Crippen LogP contribution is -2.01. The molecule has 0 amide bonds. The van der Waals surface area contributed by atoms with E-state index in [0.29, 0.717) is 16.2 Å². The van der Waals surface area contributed by atoms with E-state index in [9.17, 15) is 4.39 Å². The fraction of sp³-hybridized carbons (Fsp3) is 0.0714. The number of halogens is 2. The van der Waals surface area contributed by atoms with Crippen molar-refractivity contribution in [3.05, 3.63) is 46.7 Å². The van der Waals surface area contributed by atoms with Gasteiger partial charge in [-0.15, -0.1) is 0 Å². The first kappa shape index (κ1) is 12.9. The van der Waals surface area contributed by atoms with E-state index in [2.05, 4.69) is 20.9 Å². The Morgan fingerprint density at radius 3 is 2.75 bits per heavy atom. The Hall–Kier alpha value is -2.08. The molecule has 0 radical (unpaired) electrons. The van der Waals surface area contributed by atoms with Crippen molar-refractivity contribution in [1.29, 1.82) is 0 Å². The minimum Gasteiger partial charge on any atom is -0.497 e. The third-order valence-corrected chi connectivity index (χ3v) is 3.67. The molecule has 1 aromatic heterocycles. The van der Waals surface area contributed by atoms with Gasteiger partial charge in [0.05, 0.1) is 23.8 Å². The highest BCUT2D eigenvalue weighted by Crippen LogP contribution is 2.30. The fourth-order valence-corrected chi connectivity index (χ4v) is 2.65. The molecule has 0 saturated carbocycles. The molecule has 0 spiro atoms. The van der Waals surface area contributed by atoms with Crippen LogP contribution in [0.4, 0.5) is 10.3 Å². The number of fused-ring (bicyclic) bond motifs is 1. The zero-order chi connectivity index (χ0) is 14.3. The van der Waals surface area contributed by atoms with Crippen LogP contribution < -0.4 is 10.5 Å².